The molecular weight excluding hydrogens is 334 g/mol. The number of halogens is 1. The first-order chi connectivity index (χ1) is 10.5. The highest BCUT2D eigenvalue weighted by Gasteiger charge is 2.21. The van der Waals surface area contributed by atoms with E-state index in [1.54, 1.807) is 0 Å². The third-order valence-corrected chi connectivity index (χ3v) is 5.34. The highest BCUT2D eigenvalue weighted by atomic mass is 79.9. The van der Waals surface area contributed by atoms with Crippen LogP contribution in [0.5, 0.6) is 0 Å². The smallest absolute Gasteiger partial charge is 0.0352 e. The molecule has 1 atom stereocenters. The molecule has 2 heteroatoms. The van der Waals surface area contributed by atoms with E-state index in [1.165, 1.54) is 89.9 Å². The first kappa shape index (κ1) is 22.4. The summed E-state index contributed by atoms with van der Waals surface area (Å²) in [5.41, 5.74) is 6.15. The van der Waals surface area contributed by atoms with E-state index in [2.05, 4.69) is 36.7 Å². The Bertz CT molecular complexity index is 222. The molecule has 0 rings (SSSR count). The number of unbranched alkanes of at least 4 members (excludes halogenated alkanes) is 13. The van der Waals surface area contributed by atoms with Crippen molar-refractivity contribution in [2.75, 3.05) is 0 Å². The molecular formula is C20H42BrN. The first-order valence-electron chi connectivity index (χ1n) is 9.93. The maximum Gasteiger partial charge on any atom is 0.0352 e. The third-order valence-electron chi connectivity index (χ3n) is 4.75. The van der Waals surface area contributed by atoms with Gasteiger partial charge < -0.3 is 5.73 Å². The van der Waals surface area contributed by atoms with Gasteiger partial charge in [0.2, 0.25) is 0 Å². The summed E-state index contributed by atoms with van der Waals surface area (Å²) in [6.45, 7) is 6.62. The molecule has 0 saturated heterocycles. The molecule has 0 aromatic heterocycles. The van der Waals surface area contributed by atoms with Crippen molar-refractivity contribution in [3.63, 3.8) is 0 Å². The zero-order valence-corrected chi connectivity index (χ0v) is 17.2. The predicted octanol–water partition coefficient (Wildman–Crippen LogP) is 7.36. The Morgan fingerprint density at radius 1 is 0.682 bits per heavy atom. The van der Waals surface area contributed by atoms with Crippen LogP contribution in [-0.4, -0.2) is 10.4 Å². The van der Waals surface area contributed by atoms with E-state index in [4.69, 9.17) is 5.73 Å². The quantitative estimate of drug-likeness (QED) is 0.221. The topological polar surface area (TPSA) is 26.0 Å². The Kier molecular flexibility index (Phi) is 15.3. The minimum atomic E-state index is 0.0868. The first-order valence-corrected chi connectivity index (χ1v) is 10.7. The molecule has 0 amide bonds. The molecule has 0 aliphatic carbocycles. The van der Waals surface area contributed by atoms with Gasteiger partial charge in [0, 0.05) is 10.4 Å². The van der Waals surface area contributed by atoms with Gasteiger partial charge in [-0.3, -0.25) is 0 Å². The summed E-state index contributed by atoms with van der Waals surface area (Å²) in [6.07, 6.45) is 21.0. The zero-order valence-electron chi connectivity index (χ0n) is 15.6. The molecule has 0 spiro atoms. The second-order valence-electron chi connectivity index (χ2n) is 7.56. The largest absolute Gasteiger partial charge is 0.326 e. The van der Waals surface area contributed by atoms with Crippen LogP contribution in [-0.2, 0) is 0 Å². The molecule has 0 aliphatic heterocycles. The molecule has 0 fully saturated rings. The SMILES string of the molecule is CCCCCCCCCCCCCCCCC(N)C(C)(C)Br. The van der Waals surface area contributed by atoms with Crippen LogP contribution in [0.25, 0.3) is 0 Å². The van der Waals surface area contributed by atoms with Crippen LogP contribution in [0.1, 0.15) is 117 Å². The van der Waals surface area contributed by atoms with E-state index in [1.807, 2.05) is 0 Å². The summed E-state index contributed by atoms with van der Waals surface area (Å²) in [7, 11) is 0. The van der Waals surface area contributed by atoms with Crippen LogP contribution >= 0.6 is 15.9 Å². The van der Waals surface area contributed by atoms with Gasteiger partial charge in [-0.1, -0.05) is 113 Å². The fraction of sp³-hybridized carbons (Fsp3) is 1.00. The van der Waals surface area contributed by atoms with Gasteiger partial charge in [-0.25, -0.2) is 0 Å². The van der Waals surface area contributed by atoms with Crippen molar-refractivity contribution in [1.29, 1.82) is 0 Å². The lowest BCUT2D eigenvalue weighted by molar-refractivity contribution is 0.473. The van der Waals surface area contributed by atoms with Gasteiger partial charge in [0.05, 0.1) is 0 Å². The van der Waals surface area contributed by atoms with Crippen molar-refractivity contribution in [1.82, 2.24) is 0 Å². The van der Waals surface area contributed by atoms with Gasteiger partial charge in [0.15, 0.2) is 0 Å². The van der Waals surface area contributed by atoms with E-state index in [9.17, 15) is 0 Å². The third kappa shape index (κ3) is 15.3. The van der Waals surface area contributed by atoms with Gasteiger partial charge in [-0.05, 0) is 20.3 Å². The average molecular weight is 376 g/mol. The molecule has 22 heavy (non-hydrogen) atoms. The monoisotopic (exact) mass is 375 g/mol. The standard InChI is InChI=1S/C20H42BrN/c1-4-5-6-7-8-9-10-11-12-13-14-15-16-17-18-19(22)20(2,3)21/h19H,4-18,22H2,1-3H3. The van der Waals surface area contributed by atoms with Crippen LogP contribution in [0.4, 0.5) is 0 Å². The van der Waals surface area contributed by atoms with Crippen LogP contribution in [0, 0.1) is 0 Å². The molecule has 2 N–H and O–H groups in total. The van der Waals surface area contributed by atoms with Crippen LogP contribution in [0.15, 0.2) is 0 Å². The van der Waals surface area contributed by atoms with Crippen molar-refractivity contribution in [2.45, 2.75) is 127 Å². The van der Waals surface area contributed by atoms with Crippen LogP contribution in [0.2, 0.25) is 0 Å². The molecule has 0 bridgehead atoms. The number of nitrogens with two attached hydrogens (primary N) is 1. The summed E-state index contributed by atoms with van der Waals surface area (Å²) < 4.78 is 0.0868. The Morgan fingerprint density at radius 2 is 1.00 bits per heavy atom. The maximum atomic E-state index is 6.15. The Labute approximate surface area is 149 Å². The summed E-state index contributed by atoms with van der Waals surface area (Å²) in [5, 5.41) is 0. The summed E-state index contributed by atoms with van der Waals surface area (Å²) in [6, 6.07) is 0.282. The molecule has 0 aromatic rings. The van der Waals surface area contributed by atoms with Crippen molar-refractivity contribution in [3.8, 4) is 0 Å². The van der Waals surface area contributed by atoms with Crippen LogP contribution < -0.4 is 5.73 Å². The second kappa shape index (κ2) is 15.0. The lowest BCUT2D eigenvalue weighted by atomic mass is 9.98. The molecule has 0 radical (unpaired) electrons. The van der Waals surface area contributed by atoms with Crippen molar-refractivity contribution < 1.29 is 0 Å². The Hall–Kier alpha value is 0.440. The average Bonchev–Trinajstić information content (AvgIpc) is 2.46. The van der Waals surface area contributed by atoms with Gasteiger partial charge in [0.1, 0.15) is 0 Å². The molecule has 0 heterocycles. The normalized spacial score (nSPS) is 13.5. The van der Waals surface area contributed by atoms with E-state index in [0.717, 1.165) is 6.42 Å². The van der Waals surface area contributed by atoms with Gasteiger partial charge in [-0.15, -0.1) is 0 Å². The number of rotatable bonds is 16. The van der Waals surface area contributed by atoms with Crippen molar-refractivity contribution in [3.05, 3.63) is 0 Å². The minimum Gasteiger partial charge on any atom is -0.326 e. The second-order valence-corrected chi connectivity index (χ2v) is 9.60. The summed E-state index contributed by atoms with van der Waals surface area (Å²) >= 11 is 3.66. The predicted molar refractivity (Wildman–Crippen MR) is 106 cm³/mol. The lowest BCUT2D eigenvalue weighted by Crippen LogP contribution is -2.37. The highest BCUT2D eigenvalue weighted by Crippen LogP contribution is 2.23. The molecule has 0 aliphatic rings. The van der Waals surface area contributed by atoms with Crippen LogP contribution in [0.3, 0.4) is 0 Å². The van der Waals surface area contributed by atoms with Crippen molar-refractivity contribution >= 4 is 15.9 Å². The van der Waals surface area contributed by atoms with E-state index >= 15 is 0 Å². The van der Waals surface area contributed by atoms with E-state index in [-0.39, 0.29) is 10.4 Å². The zero-order chi connectivity index (χ0) is 16.7. The molecule has 1 unspecified atom stereocenters. The Morgan fingerprint density at radius 3 is 1.32 bits per heavy atom. The van der Waals surface area contributed by atoms with Gasteiger partial charge in [-0.2, -0.15) is 0 Å². The molecule has 1 nitrogen and oxygen atoms in total. The molecule has 0 saturated carbocycles. The summed E-state index contributed by atoms with van der Waals surface area (Å²) in [5.74, 6) is 0. The Balaban J connectivity index is 3.12. The highest BCUT2D eigenvalue weighted by molar-refractivity contribution is 9.10. The molecule has 0 aromatic carbocycles. The maximum absolute atomic E-state index is 6.15. The minimum absolute atomic E-state index is 0.0868. The van der Waals surface area contributed by atoms with Gasteiger partial charge >= 0.3 is 0 Å². The van der Waals surface area contributed by atoms with Crippen molar-refractivity contribution in [2.24, 2.45) is 5.73 Å². The summed E-state index contributed by atoms with van der Waals surface area (Å²) in [4.78, 5) is 0. The van der Waals surface area contributed by atoms with E-state index < -0.39 is 0 Å². The molecule has 134 valence electrons. The lowest BCUT2D eigenvalue weighted by Gasteiger charge is -2.24. The fourth-order valence-electron chi connectivity index (χ4n) is 2.90. The van der Waals surface area contributed by atoms with Gasteiger partial charge in [0.25, 0.3) is 0 Å². The fourth-order valence-corrected chi connectivity index (χ4v) is 3.13. The van der Waals surface area contributed by atoms with E-state index in [0.29, 0.717) is 0 Å². The number of hydrogen-bond donors (Lipinski definition) is 1. The number of alkyl halides is 1. The number of hydrogen-bond acceptors (Lipinski definition) is 1.